The second-order valence-electron chi connectivity index (χ2n) is 4.56. The molecule has 4 nitrogen and oxygen atoms in total. The number of nitrogens with zero attached hydrogens (tertiary/aromatic N) is 2. The predicted octanol–water partition coefficient (Wildman–Crippen LogP) is 3.05. The monoisotopic (exact) mass is 279 g/mol. The van der Waals surface area contributed by atoms with Gasteiger partial charge < -0.3 is 10.1 Å². The van der Waals surface area contributed by atoms with Gasteiger partial charge in [-0.05, 0) is 12.1 Å². The molecule has 0 bridgehead atoms. The molecule has 1 aromatic carbocycles. The number of ether oxygens (including phenoxy) is 1. The van der Waals surface area contributed by atoms with Gasteiger partial charge >= 0.3 is 6.01 Å². The standard InChI is InChI=1S/C14H15F2N3O/c1-9(2)17-6-10-7-18-14(19-8-10)20-12-5-3-4-11(15)13(12)16/h3-5,7-9,17H,6H2,1-2H3. The molecule has 0 amide bonds. The zero-order chi connectivity index (χ0) is 14.5. The lowest BCUT2D eigenvalue weighted by Crippen LogP contribution is -2.21. The molecule has 106 valence electrons. The van der Waals surface area contributed by atoms with Gasteiger partial charge in [-0.2, -0.15) is 4.39 Å². The third-order valence-electron chi connectivity index (χ3n) is 2.51. The predicted molar refractivity (Wildman–Crippen MR) is 70.4 cm³/mol. The minimum absolute atomic E-state index is 0.0252. The molecule has 20 heavy (non-hydrogen) atoms. The lowest BCUT2D eigenvalue weighted by molar-refractivity contribution is 0.392. The molecule has 0 aliphatic carbocycles. The Kier molecular flexibility index (Phi) is 4.57. The average molecular weight is 279 g/mol. The van der Waals surface area contributed by atoms with Crippen molar-refractivity contribution in [2.24, 2.45) is 0 Å². The lowest BCUT2D eigenvalue weighted by atomic mass is 10.3. The molecule has 0 aliphatic rings. The molecule has 0 spiro atoms. The SMILES string of the molecule is CC(C)NCc1cnc(Oc2cccc(F)c2F)nc1. The fourth-order valence-corrected chi connectivity index (χ4v) is 1.47. The molecule has 1 heterocycles. The third-order valence-corrected chi connectivity index (χ3v) is 2.51. The van der Waals surface area contributed by atoms with Crippen LogP contribution < -0.4 is 10.1 Å². The van der Waals surface area contributed by atoms with Crippen LogP contribution in [0.2, 0.25) is 0 Å². The normalized spacial score (nSPS) is 10.8. The number of halogens is 2. The molecule has 6 heteroatoms. The van der Waals surface area contributed by atoms with E-state index in [9.17, 15) is 8.78 Å². The van der Waals surface area contributed by atoms with Crippen molar-refractivity contribution in [1.29, 1.82) is 0 Å². The summed E-state index contributed by atoms with van der Waals surface area (Å²) in [6, 6.07) is 4.02. The van der Waals surface area contributed by atoms with Crippen molar-refractivity contribution in [1.82, 2.24) is 15.3 Å². The van der Waals surface area contributed by atoms with Gasteiger partial charge in [-0.1, -0.05) is 19.9 Å². The van der Waals surface area contributed by atoms with Crippen molar-refractivity contribution in [3.8, 4) is 11.8 Å². The van der Waals surface area contributed by atoms with E-state index in [-0.39, 0.29) is 11.8 Å². The molecule has 2 aromatic rings. The fraction of sp³-hybridized carbons (Fsp3) is 0.286. The van der Waals surface area contributed by atoms with Crippen LogP contribution in [0.1, 0.15) is 19.4 Å². The highest BCUT2D eigenvalue weighted by Crippen LogP contribution is 2.23. The summed E-state index contributed by atoms with van der Waals surface area (Å²) in [7, 11) is 0. The Labute approximate surface area is 115 Å². The maximum Gasteiger partial charge on any atom is 0.321 e. The zero-order valence-corrected chi connectivity index (χ0v) is 11.2. The van der Waals surface area contributed by atoms with E-state index in [4.69, 9.17) is 4.74 Å². The molecule has 0 saturated carbocycles. The summed E-state index contributed by atoms with van der Waals surface area (Å²) in [5.41, 5.74) is 0.880. The third kappa shape index (κ3) is 3.71. The van der Waals surface area contributed by atoms with Crippen LogP contribution in [0.25, 0.3) is 0 Å². The van der Waals surface area contributed by atoms with Crippen molar-refractivity contribution in [2.45, 2.75) is 26.4 Å². The Balaban J connectivity index is 2.05. The second-order valence-corrected chi connectivity index (χ2v) is 4.56. The highest BCUT2D eigenvalue weighted by Gasteiger charge is 2.10. The van der Waals surface area contributed by atoms with Gasteiger partial charge in [0.1, 0.15) is 0 Å². The first-order chi connectivity index (χ1) is 9.56. The minimum Gasteiger partial charge on any atom is -0.421 e. The van der Waals surface area contributed by atoms with Crippen LogP contribution in [-0.4, -0.2) is 16.0 Å². The van der Waals surface area contributed by atoms with E-state index in [1.165, 1.54) is 12.1 Å². The Morgan fingerprint density at radius 3 is 2.55 bits per heavy atom. The van der Waals surface area contributed by atoms with Gasteiger partial charge in [-0.15, -0.1) is 0 Å². The molecule has 0 aliphatic heterocycles. The van der Waals surface area contributed by atoms with Gasteiger partial charge in [0.2, 0.25) is 5.82 Å². The average Bonchev–Trinajstić information content (AvgIpc) is 2.43. The van der Waals surface area contributed by atoms with Crippen LogP contribution in [0.15, 0.2) is 30.6 Å². The topological polar surface area (TPSA) is 47.0 Å². The Hall–Kier alpha value is -2.08. The number of benzene rings is 1. The Morgan fingerprint density at radius 2 is 1.90 bits per heavy atom. The molecule has 1 aromatic heterocycles. The van der Waals surface area contributed by atoms with Crippen molar-refractivity contribution < 1.29 is 13.5 Å². The molecule has 0 fully saturated rings. The van der Waals surface area contributed by atoms with E-state index < -0.39 is 11.6 Å². The van der Waals surface area contributed by atoms with E-state index in [1.54, 1.807) is 12.4 Å². The van der Waals surface area contributed by atoms with E-state index in [0.717, 1.165) is 11.6 Å². The Morgan fingerprint density at radius 1 is 1.20 bits per heavy atom. The van der Waals surface area contributed by atoms with Gasteiger partial charge in [0.15, 0.2) is 11.6 Å². The maximum atomic E-state index is 13.4. The van der Waals surface area contributed by atoms with Crippen molar-refractivity contribution >= 4 is 0 Å². The van der Waals surface area contributed by atoms with Crippen LogP contribution in [0.4, 0.5) is 8.78 Å². The number of nitrogens with one attached hydrogen (secondary N) is 1. The van der Waals surface area contributed by atoms with E-state index in [0.29, 0.717) is 12.6 Å². The van der Waals surface area contributed by atoms with Crippen LogP contribution in [0, 0.1) is 11.6 Å². The molecule has 1 N–H and O–H groups in total. The minimum atomic E-state index is -1.05. The first kappa shape index (κ1) is 14.3. The smallest absolute Gasteiger partial charge is 0.321 e. The van der Waals surface area contributed by atoms with Gasteiger partial charge in [-0.25, -0.2) is 14.4 Å². The Bertz CT molecular complexity index is 573. The molecule has 2 rings (SSSR count). The number of rotatable bonds is 5. The van der Waals surface area contributed by atoms with Gasteiger partial charge in [0.25, 0.3) is 0 Å². The second kappa shape index (κ2) is 6.38. The number of hydrogen-bond acceptors (Lipinski definition) is 4. The molecule has 0 unspecified atom stereocenters. The van der Waals surface area contributed by atoms with Crippen molar-refractivity contribution in [3.05, 3.63) is 47.8 Å². The largest absolute Gasteiger partial charge is 0.421 e. The number of aromatic nitrogens is 2. The van der Waals surface area contributed by atoms with Crippen molar-refractivity contribution in [2.75, 3.05) is 0 Å². The molecule has 0 atom stereocenters. The van der Waals surface area contributed by atoms with Gasteiger partial charge in [-0.3, -0.25) is 0 Å². The van der Waals surface area contributed by atoms with E-state index in [2.05, 4.69) is 15.3 Å². The van der Waals surface area contributed by atoms with Crippen LogP contribution >= 0.6 is 0 Å². The summed E-state index contributed by atoms with van der Waals surface area (Å²) in [4.78, 5) is 7.92. The summed E-state index contributed by atoms with van der Waals surface area (Å²) >= 11 is 0. The zero-order valence-electron chi connectivity index (χ0n) is 11.2. The van der Waals surface area contributed by atoms with E-state index in [1.807, 2.05) is 13.8 Å². The summed E-state index contributed by atoms with van der Waals surface area (Å²) in [5.74, 6) is -2.26. The summed E-state index contributed by atoms with van der Waals surface area (Å²) < 4.78 is 31.5. The number of hydrogen-bond donors (Lipinski definition) is 1. The summed E-state index contributed by atoms with van der Waals surface area (Å²) in [6.07, 6.45) is 3.16. The molecular formula is C14H15F2N3O. The molecular weight excluding hydrogens is 264 g/mol. The highest BCUT2D eigenvalue weighted by molar-refractivity contribution is 5.27. The fourth-order valence-electron chi connectivity index (χ4n) is 1.47. The first-order valence-corrected chi connectivity index (χ1v) is 6.22. The van der Waals surface area contributed by atoms with Gasteiger partial charge in [0.05, 0.1) is 0 Å². The highest BCUT2D eigenvalue weighted by atomic mass is 19.2. The van der Waals surface area contributed by atoms with Crippen molar-refractivity contribution in [3.63, 3.8) is 0 Å². The molecule has 0 radical (unpaired) electrons. The van der Waals surface area contributed by atoms with Crippen LogP contribution in [0.3, 0.4) is 0 Å². The summed E-state index contributed by atoms with van der Waals surface area (Å²) in [6.45, 7) is 4.70. The lowest BCUT2D eigenvalue weighted by Gasteiger charge is -2.08. The quantitative estimate of drug-likeness (QED) is 0.913. The maximum absolute atomic E-state index is 13.4. The van der Waals surface area contributed by atoms with Crippen LogP contribution in [0.5, 0.6) is 11.8 Å². The summed E-state index contributed by atoms with van der Waals surface area (Å²) in [5, 5.41) is 3.22. The van der Waals surface area contributed by atoms with Gasteiger partial charge in [0, 0.05) is 30.5 Å². The van der Waals surface area contributed by atoms with E-state index >= 15 is 0 Å². The van der Waals surface area contributed by atoms with Crippen LogP contribution in [-0.2, 0) is 6.54 Å². The first-order valence-electron chi connectivity index (χ1n) is 6.22. The molecule has 0 saturated heterocycles.